The van der Waals surface area contributed by atoms with Gasteiger partial charge in [-0.05, 0) is 42.5 Å². The molecule has 0 unspecified atom stereocenters. The second-order valence-corrected chi connectivity index (χ2v) is 9.15. The van der Waals surface area contributed by atoms with Gasteiger partial charge in [0.1, 0.15) is 11.6 Å². The third-order valence-electron chi connectivity index (χ3n) is 6.11. The molecular weight excluding hydrogens is 604 g/mol. The number of hydrogen-bond donors (Lipinski definition) is 3. The fourth-order valence-corrected chi connectivity index (χ4v) is 4.12. The number of benzene rings is 3. The number of halogens is 8. The van der Waals surface area contributed by atoms with Crippen molar-refractivity contribution in [2.24, 2.45) is 0 Å². The molecule has 0 aliphatic carbocycles. The summed E-state index contributed by atoms with van der Waals surface area (Å²) in [6, 6.07) is 8.52. The number of anilines is 3. The van der Waals surface area contributed by atoms with Crippen LogP contribution in [0.15, 0.2) is 79.3 Å². The highest BCUT2D eigenvalue weighted by molar-refractivity contribution is 6.05. The maximum Gasteiger partial charge on any atom is 0.416 e. The number of nitrogens with zero attached hydrogens (tertiary/aromatic N) is 3. The van der Waals surface area contributed by atoms with E-state index in [1.807, 2.05) is 0 Å². The molecule has 5 rings (SSSR count). The number of urea groups is 1. The Hall–Kier alpha value is -5.54. The highest BCUT2D eigenvalue weighted by Gasteiger charge is 2.37. The van der Waals surface area contributed by atoms with Gasteiger partial charge in [-0.15, -0.1) is 0 Å². The molecule has 226 valence electrons. The summed E-state index contributed by atoms with van der Waals surface area (Å²) in [6.45, 7) is 0. The molecule has 0 spiro atoms. The lowest BCUT2D eigenvalue weighted by Crippen LogP contribution is -2.20. The molecule has 0 radical (unpaired) electrons. The van der Waals surface area contributed by atoms with Crippen LogP contribution in [0.25, 0.3) is 16.9 Å². The standard InChI is InChI=1S/C28H16F8N6O2/c29-18-4-5-21(20(30)12-18)40-26(44)39-19-3-1-2-14(10-19)22-13-38-24-23(37-6-7-42(22)24)41-25(43)15-8-16(27(31,32)33)11-17(9-15)28(34,35)36/h1-13H,(H,37,41,43)(H2,39,40,44). The van der Waals surface area contributed by atoms with Crippen LogP contribution < -0.4 is 16.0 Å². The summed E-state index contributed by atoms with van der Waals surface area (Å²) in [4.78, 5) is 33.3. The van der Waals surface area contributed by atoms with Crippen LogP contribution in [0.4, 0.5) is 57.1 Å². The first-order chi connectivity index (χ1) is 20.7. The quantitative estimate of drug-likeness (QED) is 0.176. The summed E-state index contributed by atoms with van der Waals surface area (Å²) >= 11 is 0. The van der Waals surface area contributed by atoms with E-state index in [1.54, 1.807) is 12.1 Å². The molecule has 44 heavy (non-hydrogen) atoms. The number of fused-ring (bicyclic) bond motifs is 1. The number of alkyl halides is 6. The maximum absolute atomic E-state index is 13.9. The number of rotatable bonds is 5. The van der Waals surface area contributed by atoms with E-state index in [-0.39, 0.29) is 28.9 Å². The number of carbonyl (C=O) groups is 2. The minimum absolute atomic E-state index is 0.00163. The summed E-state index contributed by atoms with van der Waals surface area (Å²) in [7, 11) is 0. The average molecular weight is 620 g/mol. The molecule has 8 nitrogen and oxygen atoms in total. The van der Waals surface area contributed by atoms with E-state index >= 15 is 0 Å². The molecule has 0 bridgehead atoms. The van der Waals surface area contributed by atoms with Crippen molar-refractivity contribution in [2.45, 2.75) is 12.4 Å². The predicted octanol–water partition coefficient (Wildman–Crippen LogP) is 7.61. The SMILES string of the molecule is O=C(Nc1cccc(-c2cnc3c(NC(=O)c4cc(C(F)(F)F)cc(C(F)(F)F)c4)nccn23)c1)Nc1ccc(F)cc1F. The lowest BCUT2D eigenvalue weighted by molar-refractivity contribution is -0.143. The topological polar surface area (TPSA) is 100 Å². The number of imidazole rings is 1. The van der Waals surface area contributed by atoms with Crippen LogP contribution in [0.1, 0.15) is 21.5 Å². The molecule has 0 saturated heterocycles. The van der Waals surface area contributed by atoms with Crippen molar-refractivity contribution < 1.29 is 44.7 Å². The fraction of sp³-hybridized carbons (Fsp3) is 0.0714. The Morgan fingerprint density at radius 3 is 2.14 bits per heavy atom. The van der Waals surface area contributed by atoms with Crippen molar-refractivity contribution in [3.8, 4) is 11.3 Å². The van der Waals surface area contributed by atoms with Crippen molar-refractivity contribution >= 4 is 34.8 Å². The van der Waals surface area contributed by atoms with Gasteiger partial charge >= 0.3 is 18.4 Å². The molecule has 0 fully saturated rings. The second-order valence-electron chi connectivity index (χ2n) is 9.15. The summed E-state index contributed by atoms with van der Waals surface area (Å²) in [5.41, 5.74) is -3.35. The summed E-state index contributed by atoms with van der Waals surface area (Å²) in [5, 5.41) is 6.95. The largest absolute Gasteiger partial charge is 0.416 e. The molecule has 2 aromatic heterocycles. The maximum atomic E-state index is 13.9. The Balaban J connectivity index is 1.39. The van der Waals surface area contributed by atoms with Gasteiger partial charge in [-0.1, -0.05) is 12.1 Å². The number of carbonyl (C=O) groups excluding carboxylic acids is 2. The lowest BCUT2D eigenvalue weighted by atomic mass is 10.0. The molecule has 0 aliphatic rings. The van der Waals surface area contributed by atoms with Gasteiger partial charge in [-0.2, -0.15) is 26.3 Å². The lowest BCUT2D eigenvalue weighted by Gasteiger charge is -2.14. The molecule has 0 aliphatic heterocycles. The van der Waals surface area contributed by atoms with Gasteiger partial charge < -0.3 is 16.0 Å². The van der Waals surface area contributed by atoms with Gasteiger partial charge in [0.2, 0.25) is 0 Å². The Kier molecular flexibility index (Phi) is 7.67. The monoisotopic (exact) mass is 620 g/mol. The zero-order chi connectivity index (χ0) is 31.8. The van der Waals surface area contributed by atoms with E-state index in [9.17, 15) is 44.7 Å². The molecular formula is C28H16F8N6O2. The smallest absolute Gasteiger partial charge is 0.308 e. The van der Waals surface area contributed by atoms with Crippen molar-refractivity contribution in [2.75, 3.05) is 16.0 Å². The van der Waals surface area contributed by atoms with Gasteiger partial charge in [0.05, 0.1) is 28.7 Å². The molecule has 2 heterocycles. The van der Waals surface area contributed by atoms with Crippen molar-refractivity contribution in [1.82, 2.24) is 14.4 Å². The summed E-state index contributed by atoms with van der Waals surface area (Å²) < 4.78 is 108. The predicted molar refractivity (Wildman–Crippen MR) is 142 cm³/mol. The first kappa shape index (κ1) is 29.9. The highest BCUT2D eigenvalue weighted by Crippen LogP contribution is 2.36. The van der Waals surface area contributed by atoms with Crippen molar-refractivity contribution in [3.05, 3.63) is 108 Å². The first-order valence-electron chi connectivity index (χ1n) is 12.3. The number of amides is 3. The van der Waals surface area contributed by atoms with E-state index in [2.05, 4.69) is 25.9 Å². The van der Waals surface area contributed by atoms with E-state index < -0.39 is 52.6 Å². The van der Waals surface area contributed by atoms with E-state index in [0.717, 1.165) is 12.1 Å². The number of aromatic nitrogens is 3. The van der Waals surface area contributed by atoms with Crippen molar-refractivity contribution in [3.63, 3.8) is 0 Å². The van der Waals surface area contributed by atoms with Crippen LogP contribution in [0.2, 0.25) is 0 Å². The third-order valence-corrected chi connectivity index (χ3v) is 6.11. The van der Waals surface area contributed by atoms with Gasteiger partial charge in [0.15, 0.2) is 11.5 Å². The zero-order valence-corrected chi connectivity index (χ0v) is 21.7. The second kappa shape index (κ2) is 11.3. The minimum Gasteiger partial charge on any atom is -0.308 e. The minimum atomic E-state index is -5.15. The Labute approximate surface area is 241 Å². The van der Waals surface area contributed by atoms with Crippen LogP contribution in [0.5, 0.6) is 0 Å². The average Bonchev–Trinajstić information content (AvgIpc) is 3.39. The normalized spacial score (nSPS) is 11.8. The van der Waals surface area contributed by atoms with Crippen LogP contribution in [0.3, 0.4) is 0 Å². The molecule has 3 aromatic carbocycles. The number of hydrogen-bond acceptors (Lipinski definition) is 4. The van der Waals surface area contributed by atoms with Gasteiger partial charge in [0, 0.05) is 35.3 Å². The zero-order valence-electron chi connectivity index (χ0n) is 21.7. The van der Waals surface area contributed by atoms with Gasteiger partial charge in [-0.3, -0.25) is 9.20 Å². The van der Waals surface area contributed by atoms with Crippen LogP contribution in [0, 0.1) is 11.6 Å². The first-order valence-corrected chi connectivity index (χ1v) is 12.3. The molecule has 3 N–H and O–H groups in total. The van der Waals surface area contributed by atoms with Gasteiger partial charge in [0.25, 0.3) is 5.91 Å². The summed E-state index contributed by atoms with van der Waals surface area (Å²) in [5.74, 6) is -3.35. The molecule has 0 saturated carbocycles. The van der Waals surface area contributed by atoms with Crippen LogP contribution in [-0.4, -0.2) is 26.3 Å². The molecule has 3 amide bonds. The van der Waals surface area contributed by atoms with Crippen LogP contribution in [-0.2, 0) is 12.4 Å². The van der Waals surface area contributed by atoms with Crippen molar-refractivity contribution in [1.29, 1.82) is 0 Å². The number of nitrogens with one attached hydrogen (secondary N) is 3. The Morgan fingerprint density at radius 2 is 1.48 bits per heavy atom. The van der Waals surface area contributed by atoms with Gasteiger partial charge in [-0.25, -0.2) is 23.5 Å². The van der Waals surface area contributed by atoms with E-state index in [1.165, 1.54) is 35.1 Å². The highest BCUT2D eigenvalue weighted by atomic mass is 19.4. The van der Waals surface area contributed by atoms with E-state index in [4.69, 9.17) is 0 Å². The van der Waals surface area contributed by atoms with E-state index in [0.29, 0.717) is 29.5 Å². The van der Waals surface area contributed by atoms with Crippen LogP contribution >= 0.6 is 0 Å². The molecule has 5 aromatic rings. The fourth-order valence-electron chi connectivity index (χ4n) is 4.12. The molecule has 16 heteroatoms. The Bertz CT molecular complexity index is 1870. The Morgan fingerprint density at radius 1 is 0.773 bits per heavy atom. The molecule has 0 atom stereocenters. The third kappa shape index (κ3) is 6.43. The summed E-state index contributed by atoms with van der Waals surface area (Å²) in [6.07, 6.45) is -6.29.